The largest absolute Gasteiger partial charge is 0.399 e. The van der Waals surface area contributed by atoms with Crippen molar-refractivity contribution in [3.63, 3.8) is 0 Å². The standard InChI is InChI=1S/C29H33F3N6O/c1-17(2)37-26(39)21-15-35-25(36-19-7-8-22-18(11-19)14-33-16-27(22,3)4)13-23(21)38(37)20-9-10-34-24(12-20)28(5,6)29(30,31)32/h7-13,15,17,33H,14,16H2,1-6H3,(H,35,36). The third kappa shape index (κ3) is 4.60. The maximum atomic E-state index is 13.8. The van der Waals surface area contributed by atoms with Crippen LogP contribution in [-0.2, 0) is 17.4 Å². The fraction of sp³-hybridized carbons (Fsp3) is 0.414. The summed E-state index contributed by atoms with van der Waals surface area (Å²) in [5.41, 5.74) is 1.78. The summed E-state index contributed by atoms with van der Waals surface area (Å²) in [4.78, 5) is 21.9. The van der Waals surface area contributed by atoms with Gasteiger partial charge in [-0.1, -0.05) is 19.9 Å². The number of alkyl halides is 3. The monoisotopic (exact) mass is 538 g/mol. The number of nitrogens with one attached hydrogen (secondary N) is 2. The molecule has 0 fully saturated rings. The summed E-state index contributed by atoms with van der Waals surface area (Å²) in [7, 11) is 0. The van der Waals surface area contributed by atoms with E-state index in [1.165, 1.54) is 34.3 Å². The number of benzene rings is 1. The Morgan fingerprint density at radius 3 is 2.51 bits per heavy atom. The molecule has 7 nitrogen and oxygen atoms in total. The molecule has 0 saturated heterocycles. The lowest BCUT2D eigenvalue weighted by atomic mass is 9.79. The summed E-state index contributed by atoms with van der Waals surface area (Å²) in [5, 5.41) is 7.17. The zero-order valence-corrected chi connectivity index (χ0v) is 22.9. The Labute approximate surface area is 225 Å². The third-order valence-corrected chi connectivity index (χ3v) is 7.58. The highest BCUT2D eigenvalue weighted by atomic mass is 19.4. The molecule has 10 heteroatoms. The molecule has 0 unspecified atom stereocenters. The lowest BCUT2D eigenvalue weighted by Crippen LogP contribution is -2.38. The zero-order valence-electron chi connectivity index (χ0n) is 22.9. The van der Waals surface area contributed by atoms with E-state index < -0.39 is 11.6 Å². The molecule has 206 valence electrons. The Morgan fingerprint density at radius 1 is 1.08 bits per heavy atom. The smallest absolute Gasteiger partial charge is 0.340 e. The number of hydrogen-bond acceptors (Lipinski definition) is 5. The number of anilines is 2. The van der Waals surface area contributed by atoms with Gasteiger partial charge in [0.05, 0.1) is 22.3 Å². The van der Waals surface area contributed by atoms with Crippen LogP contribution >= 0.6 is 0 Å². The van der Waals surface area contributed by atoms with E-state index >= 15 is 0 Å². The number of pyridine rings is 2. The molecule has 0 saturated carbocycles. The van der Waals surface area contributed by atoms with Gasteiger partial charge in [0.1, 0.15) is 11.2 Å². The van der Waals surface area contributed by atoms with Crippen molar-refractivity contribution >= 4 is 22.4 Å². The van der Waals surface area contributed by atoms with Crippen LogP contribution in [0.3, 0.4) is 0 Å². The lowest BCUT2D eigenvalue weighted by molar-refractivity contribution is -0.181. The fourth-order valence-corrected chi connectivity index (χ4v) is 5.18. The van der Waals surface area contributed by atoms with E-state index in [0.717, 1.165) is 32.6 Å². The highest BCUT2D eigenvalue weighted by molar-refractivity contribution is 5.83. The predicted octanol–water partition coefficient (Wildman–Crippen LogP) is 6.13. The molecule has 39 heavy (non-hydrogen) atoms. The first-order valence-corrected chi connectivity index (χ1v) is 13.0. The Kier molecular flexibility index (Phi) is 6.37. The molecule has 1 aromatic carbocycles. The van der Waals surface area contributed by atoms with Gasteiger partial charge in [-0.3, -0.25) is 9.78 Å². The van der Waals surface area contributed by atoms with Gasteiger partial charge >= 0.3 is 6.18 Å². The second-order valence-electron chi connectivity index (χ2n) is 11.6. The topological polar surface area (TPSA) is 76.8 Å². The van der Waals surface area contributed by atoms with Crippen LogP contribution in [0.5, 0.6) is 0 Å². The quantitative estimate of drug-likeness (QED) is 0.320. The van der Waals surface area contributed by atoms with Crippen molar-refractivity contribution in [1.29, 1.82) is 0 Å². The van der Waals surface area contributed by atoms with E-state index in [4.69, 9.17) is 0 Å². The molecule has 1 aliphatic heterocycles. The van der Waals surface area contributed by atoms with E-state index in [-0.39, 0.29) is 22.7 Å². The SMILES string of the molecule is CC(C)n1c(=O)c2cnc(Nc3ccc4c(c3)CNCC4(C)C)cc2n1-c1ccnc(C(C)(C)C(F)(F)F)c1. The van der Waals surface area contributed by atoms with Gasteiger partial charge in [0.25, 0.3) is 5.56 Å². The van der Waals surface area contributed by atoms with Crippen molar-refractivity contribution in [2.24, 2.45) is 0 Å². The predicted molar refractivity (Wildman–Crippen MR) is 147 cm³/mol. The van der Waals surface area contributed by atoms with Crippen molar-refractivity contribution in [3.8, 4) is 5.69 Å². The summed E-state index contributed by atoms with van der Waals surface area (Å²) >= 11 is 0. The first-order chi connectivity index (χ1) is 18.2. The van der Waals surface area contributed by atoms with Gasteiger partial charge in [-0.25, -0.2) is 14.3 Å². The van der Waals surface area contributed by atoms with E-state index in [1.807, 2.05) is 19.9 Å². The Bertz CT molecular complexity index is 1610. The summed E-state index contributed by atoms with van der Waals surface area (Å²) in [6.07, 6.45) is -1.63. The fourth-order valence-electron chi connectivity index (χ4n) is 5.18. The average molecular weight is 539 g/mol. The van der Waals surface area contributed by atoms with Crippen LogP contribution in [0.4, 0.5) is 24.7 Å². The van der Waals surface area contributed by atoms with Crippen LogP contribution in [0.1, 0.15) is 64.4 Å². The number of rotatable bonds is 5. The summed E-state index contributed by atoms with van der Waals surface area (Å²) in [6.45, 7) is 12.0. The van der Waals surface area contributed by atoms with Crippen molar-refractivity contribution in [3.05, 3.63) is 76.0 Å². The molecule has 0 amide bonds. The minimum atomic E-state index is -4.49. The number of halogens is 3. The van der Waals surface area contributed by atoms with E-state index in [0.29, 0.717) is 22.4 Å². The second-order valence-corrected chi connectivity index (χ2v) is 11.6. The molecule has 4 aromatic rings. The van der Waals surface area contributed by atoms with Crippen molar-refractivity contribution in [2.75, 3.05) is 11.9 Å². The van der Waals surface area contributed by atoms with E-state index in [9.17, 15) is 18.0 Å². The molecule has 5 rings (SSSR count). The molecule has 1 aliphatic rings. The summed E-state index contributed by atoms with van der Waals surface area (Å²) in [6, 6.07) is 10.7. The molecular formula is C29H33F3N6O. The van der Waals surface area contributed by atoms with Crippen molar-refractivity contribution in [1.82, 2.24) is 24.6 Å². The molecule has 0 aliphatic carbocycles. The van der Waals surface area contributed by atoms with Gasteiger partial charge in [-0.2, -0.15) is 13.2 Å². The third-order valence-electron chi connectivity index (χ3n) is 7.58. The molecule has 3 aromatic heterocycles. The number of fused-ring (bicyclic) bond motifs is 2. The Balaban J connectivity index is 1.62. The van der Waals surface area contributed by atoms with E-state index in [2.05, 4.69) is 46.6 Å². The Hall–Kier alpha value is -3.66. The normalized spacial score (nSPS) is 15.5. The van der Waals surface area contributed by atoms with Crippen molar-refractivity contribution < 1.29 is 13.2 Å². The maximum Gasteiger partial charge on any atom is 0.399 e. The van der Waals surface area contributed by atoms with Gasteiger partial charge in [-0.05, 0) is 63.1 Å². The van der Waals surface area contributed by atoms with Gasteiger partial charge in [0.2, 0.25) is 0 Å². The van der Waals surface area contributed by atoms with Crippen LogP contribution < -0.4 is 16.2 Å². The number of hydrogen-bond donors (Lipinski definition) is 2. The van der Waals surface area contributed by atoms with Gasteiger partial charge in [0, 0.05) is 48.7 Å². The minimum Gasteiger partial charge on any atom is -0.340 e. The van der Waals surface area contributed by atoms with Gasteiger partial charge in [0.15, 0.2) is 0 Å². The Morgan fingerprint density at radius 2 is 1.82 bits per heavy atom. The molecule has 2 N–H and O–H groups in total. The van der Waals surface area contributed by atoms with Crippen LogP contribution in [0.15, 0.2) is 53.6 Å². The van der Waals surface area contributed by atoms with Gasteiger partial charge < -0.3 is 10.6 Å². The molecule has 4 heterocycles. The molecule has 0 bridgehead atoms. The molecule has 0 spiro atoms. The maximum absolute atomic E-state index is 13.8. The van der Waals surface area contributed by atoms with Crippen LogP contribution in [0, 0.1) is 0 Å². The highest BCUT2D eigenvalue weighted by Gasteiger charge is 2.49. The molecule has 0 atom stereocenters. The molecular weight excluding hydrogens is 505 g/mol. The molecule has 0 radical (unpaired) electrons. The first kappa shape index (κ1) is 26.9. The lowest BCUT2D eigenvalue weighted by Gasteiger charge is -2.33. The van der Waals surface area contributed by atoms with E-state index in [1.54, 1.807) is 16.8 Å². The van der Waals surface area contributed by atoms with Crippen LogP contribution in [0.25, 0.3) is 16.6 Å². The van der Waals surface area contributed by atoms with Crippen LogP contribution in [-0.4, -0.2) is 32.1 Å². The van der Waals surface area contributed by atoms with Crippen LogP contribution in [0.2, 0.25) is 0 Å². The second kappa shape index (κ2) is 9.22. The zero-order chi connectivity index (χ0) is 28.3. The van der Waals surface area contributed by atoms with Gasteiger partial charge in [-0.15, -0.1) is 0 Å². The van der Waals surface area contributed by atoms with Crippen molar-refractivity contribution in [2.45, 2.75) is 71.1 Å². The minimum absolute atomic E-state index is 0.0309. The first-order valence-electron chi connectivity index (χ1n) is 13.0. The average Bonchev–Trinajstić information content (AvgIpc) is 3.15. The number of aromatic nitrogens is 4. The number of nitrogens with zero attached hydrogens (tertiary/aromatic N) is 4. The highest BCUT2D eigenvalue weighted by Crippen LogP contribution is 2.40. The summed E-state index contributed by atoms with van der Waals surface area (Å²) < 4.78 is 44.6. The summed E-state index contributed by atoms with van der Waals surface area (Å²) in [5.74, 6) is 0.519.